The Kier molecular flexibility index (Phi) is 3.83. The number of rotatable bonds is 5. The lowest BCUT2D eigenvalue weighted by molar-refractivity contribution is -0.388. The second-order valence-corrected chi connectivity index (χ2v) is 3.88. The molecule has 1 aromatic heterocycles. The largest absolute Gasteiger partial charge is 0.406 e. The predicted molar refractivity (Wildman–Crippen MR) is 59.2 cm³/mol. The summed E-state index contributed by atoms with van der Waals surface area (Å²) >= 11 is 0. The van der Waals surface area contributed by atoms with Crippen molar-refractivity contribution in [1.82, 2.24) is 9.55 Å². The van der Waals surface area contributed by atoms with Crippen LogP contribution in [-0.4, -0.2) is 32.2 Å². The minimum atomic E-state index is -0.529. The molecule has 0 saturated carbocycles. The van der Waals surface area contributed by atoms with Crippen LogP contribution in [0.5, 0.6) is 0 Å². The number of aliphatic hydroxyl groups is 1. The summed E-state index contributed by atoms with van der Waals surface area (Å²) in [5.41, 5.74) is 0. The third-order valence-corrected chi connectivity index (χ3v) is 2.60. The number of hydrogen-bond donors (Lipinski definition) is 2. The summed E-state index contributed by atoms with van der Waals surface area (Å²) in [6, 6.07) is -0.0703. The lowest BCUT2D eigenvalue weighted by atomic mass is 10.1. The fourth-order valence-electron chi connectivity index (χ4n) is 1.23. The first-order chi connectivity index (χ1) is 7.47. The van der Waals surface area contributed by atoms with Gasteiger partial charge in [-0.15, -0.1) is 0 Å². The Hall–Kier alpha value is -1.63. The summed E-state index contributed by atoms with van der Waals surface area (Å²) in [5, 5.41) is 22.7. The van der Waals surface area contributed by atoms with E-state index in [1.165, 1.54) is 6.33 Å². The molecule has 0 amide bonds. The van der Waals surface area contributed by atoms with Crippen LogP contribution in [0, 0.1) is 16.0 Å². The van der Waals surface area contributed by atoms with E-state index in [-0.39, 0.29) is 24.4 Å². The molecule has 0 aromatic carbocycles. The number of nitro groups is 1. The van der Waals surface area contributed by atoms with E-state index in [2.05, 4.69) is 10.3 Å². The van der Waals surface area contributed by atoms with Crippen molar-refractivity contribution in [3.05, 3.63) is 16.4 Å². The Morgan fingerprint density at radius 2 is 2.31 bits per heavy atom. The quantitative estimate of drug-likeness (QED) is 0.573. The van der Waals surface area contributed by atoms with Crippen LogP contribution in [0.25, 0.3) is 0 Å². The molecule has 0 fully saturated rings. The molecule has 0 spiro atoms. The van der Waals surface area contributed by atoms with Gasteiger partial charge in [0.2, 0.25) is 12.1 Å². The predicted octanol–water partition coefficient (Wildman–Crippen LogP) is 0.757. The van der Waals surface area contributed by atoms with Gasteiger partial charge >= 0.3 is 5.82 Å². The van der Waals surface area contributed by atoms with Crippen molar-refractivity contribution < 1.29 is 10.0 Å². The summed E-state index contributed by atoms with van der Waals surface area (Å²) in [6.45, 7) is 3.75. The number of aromatic nitrogens is 2. The topological polar surface area (TPSA) is 93.2 Å². The highest BCUT2D eigenvalue weighted by Crippen LogP contribution is 2.23. The second-order valence-electron chi connectivity index (χ2n) is 3.88. The Labute approximate surface area is 93.3 Å². The Morgan fingerprint density at radius 1 is 1.69 bits per heavy atom. The van der Waals surface area contributed by atoms with Gasteiger partial charge in [0, 0.05) is 19.7 Å². The molecule has 1 aromatic rings. The first-order valence-corrected chi connectivity index (χ1v) is 5.00. The van der Waals surface area contributed by atoms with Gasteiger partial charge < -0.3 is 20.5 Å². The molecule has 0 aliphatic rings. The maximum atomic E-state index is 10.7. The molecule has 90 valence electrons. The van der Waals surface area contributed by atoms with Crippen LogP contribution in [0.3, 0.4) is 0 Å². The van der Waals surface area contributed by atoms with Crippen LogP contribution in [0.1, 0.15) is 13.8 Å². The lowest BCUT2D eigenvalue weighted by Crippen LogP contribution is -2.27. The van der Waals surface area contributed by atoms with Gasteiger partial charge in [-0.1, -0.05) is 6.92 Å². The van der Waals surface area contributed by atoms with Crippen LogP contribution >= 0.6 is 0 Å². The fraction of sp³-hybridized carbons (Fsp3) is 0.667. The normalized spacial score (nSPS) is 14.5. The third kappa shape index (κ3) is 2.48. The average Bonchev–Trinajstić information content (AvgIpc) is 2.59. The van der Waals surface area contributed by atoms with Gasteiger partial charge in [0.1, 0.15) is 0 Å². The number of hydrogen-bond acceptors (Lipinski definition) is 5. The van der Waals surface area contributed by atoms with E-state index in [9.17, 15) is 10.1 Å². The van der Waals surface area contributed by atoms with E-state index in [4.69, 9.17) is 5.11 Å². The Morgan fingerprint density at radius 3 is 2.81 bits per heavy atom. The van der Waals surface area contributed by atoms with E-state index in [1.807, 2.05) is 13.8 Å². The van der Waals surface area contributed by atoms with Gasteiger partial charge in [0.15, 0.2) is 0 Å². The van der Waals surface area contributed by atoms with E-state index >= 15 is 0 Å². The molecule has 0 aliphatic carbocycles. The maximum absolute atomic E-state index is 10.7. The SMILES string of the molecule is CC(CO)C(C)Nc1c([N+](=O)[O-])ncn1C. The van der Waals surface area contributed by atoms with Gasteiger partial charge in [-0.05, 0) is 22.7 Å². The molecular formula is C9H16N4O3. The Bertz CT molecular complexity index is 377. The smallest absolute Gasteiger partial charge is 0.396 e. The minimum absolute atomic E-state index is 0.00880. The van der Waals surface area contributed by atoms with Crippen molar-refractivity contribution in [2.75, 3.05) is 11.9 Å². The molecule has 0 saturated heterocycles. The highest BCUT2D eigenvalue weighted by molar-refractivity contribution is 5.52. The van der Waals surface area contributed by atoms with Crippen molar-refractivity contribution in [3.63, 3.8) is 0 Å². The van der Waals surface area contributed by atoms with E-state index in [1.54, 1.807) is 11.6 Å². The van der Waals surface area contributed by atoms with Crippen LogP contribution in [0.4, 0.5) is 11.6 Å². The third-order valence-electron chi connectivity index (χ3n) is 2.60. The van der Waals surface area contributed by atoms with Crippen molar-refractivity contribution in [2.24, 2.45) is 13.0 Å². The molecule has 7 heteroatoms. The molecule has 0 aliphatic heterocycles. The number of imidazole rings is 1. The summed E-state index contributed by atoms with van der Waals surface area (Å²) in [5.74, 6) is 0.173. The van der Waals surface area contributed by atoms with Crippen molar-refractivity contribution in [3.8, 4) is 0 Å². The summed E-state index contributed by atoms with van der Waals surface area (Å²) in [4.78, 5) is 13.9. The highest BCUT2D eigenvalue weighted by Gasteiger charge is 2.22. The number of nitrogens with zero attached hydrogens (tertiary/aromatic N) is 3. The molecule has 0 bridgehead atoms. The molecule has 2 atom stereocenters. The molecule has 2 N–H and O–H groups in total. The van der Waals surface area contributed by atoms with Crippen molar-refractivity contribution in [1.29, 1.82) is 0 Å². The van der Waals surface area contributed by atoms with Gasteiger partial charge in [0.05, 0.1) is 0 Å². The lowest BCUT2D eigenvalue weighted by Gasteiger charge is -2.19. The second kappa shape index (κ2) is 4.93. The van der Waals surface area contributed by atoms with E-state index in [0.29, 0.717) is 5.82 Å². The van der Waals surface area contributed by atoms with Gasteiger partial charge in [-0.25, -0.2) is 0 Å². The monoisotopic (exact) mass is 228 g/mol. The van der Waals surface area contributed by atoms with Crippen LogP contribution < -0.4 is 5.32 Å². The zero-order valence-corrected chi connectivity index (χ0v) is 9.54. The van der Waals surface area contributed by atoms with Crippen LogP contribution in [0.2, 0.25) is 0 Å². The van der Waals surface area contributed by atoms with E-state index in [0.717, 1.165) is 0 Å². The average molecular weight is 228 g/mol. The molecule has 16 heavy (non-hydrogen) atoms. The first-order valence-electron chi connectivity index (χ1n) is 5.00. The van der Waals surface area contributed by atoms with Crippen LogP contribution in [-0.2, 0) is 7.05 Å². The number of aryl methyl sites for hydroxylation is 1. The first kappa shape index (κ1) is 12.4. The summed E-state index contributed by atoms with van der Waals surface area (Å²) < 4.78 is 1.55. The van der Waals surface area contributed by atoms with Crippen molar-refractivity contribution in [2.45, 2.75) is 19.9 Å². The number of nitrogens with one attached hydrogen (secondary N) is 1. The van der Waals surface area contributed by atoms with Gasteiger partial charge in [-0.2, -0.15) is 0 Å². The van der Waals surface area contributed by atoms with Gasteiger partial charge in [0.25, 0.3) is 0 Å². The fourth-order valence-corrected chi connectivity index (χ4v) is 1.23. The summed E-state index contributed by atoms with van der Waals surface area (Å²) in [7, 11) is 1.68. The van der Waals surface area contributed by atoms with Gasteiger partial charge in [-0.3, -0.25) is 4.57 Å². The highest BCUT2D eigenvalue weighted by atomic mass is 16.6. The zero-order valence-electron chi connectivity index (χ0n) is 9.54. The Balaban J connectivity index is 2.87. The molecule has 7 nitrogen and oxygen atoms in total. The molecule has 2 unspecified atom stereocenters. The van der Waals surface area contributed by atoms with Crippen LogP contribution in [0.15, 0.2) is 6.33 Å². The molecular weight excluding hydrogens is 212 g/mol. The van der Waals surface area contributed by atoms with Crippen molar-refractivity contribution >= 4 is 11.6 Å². The standard InChI is InChI=1S/C9H16N4O3/c1-6(4-14)7(2)11-9-8(13(15)16)10-5-12(9)3/h5-7,11,14H,4H2,1-3H3. The molecule has 0 radical (unpaired) electrons. The zero-order chi connectivity index (χ0) is 12.3. The minimum Gasteiger partial charge on any atom is -0.396 e. The number of aliphatic hydroxyl groups excluding tert-OH is 1. The molecule has 1 rings (SSSR count). The number of anilines is 1. The maximum Gasteiger partial charge on any atom is 0.406 e. The van der Waals surface area contributed by atoms with E-state index < -0.39 is 4.92 Å². The summed E-state index contributed by atoms with van der Waals surface area (Å²) in [6.07, 6.45) is 1.39. The molecule has 1 heterocycles.